The predicted molar refractivity (Wildman–Crippen MR) is 108 cm³/mol. The monoisotopic (exact) mass is 443 g/mol. The molecule has 0 bridgehead atoms. The van der Waals surface area contributed by atoms with Crippen LogP contribution < -0.4 is 10.1 Å². The van der Waals surface area contributed by atoms with Crippen molar-refractivity contribution in [2.24, 2.45) is 5.92 Å². The third-order valence-corrected chi connectivity index (χ3v) is 6.31. The Morgan fingerprint density at radius 1 is 1.12 bits per heavy atom. The van der Waals surface area contributed by atoms with Gasteiger partial charge in [-0.3, -0.25) is 0 Å². The summed E-state index contributed by atoms with van der Waals surface area (Å²) in [6, 6.07) is 11.3. The molecule has 2 aromatic carbocycles. The summed E-state index contributed by atoms with van der Waals surface area (Å²) in [6.07, 6.45) is -4.70. The quantitative estimate of drug-likeness (QED) is 0.671. The smallest absolute Gasteiger partial charge is 0.417 e. The first kappa shape index (κ1) is 21.9. The maximum absolute atomic E-state index is 13.3. The zero-order valence-electron chi connectivity index (χ0n) is 16.9. The molecule has 166 valence electrons. The molecular weight excluding hydrogens is 423 g/mol. The number of anilines is 1. The number of hydrogen-bond donors (Lipinski definition) is 3. The SMILES string of the molecule is N#Cc1ccc(OC[C@@]2(O)C(O)CCC3Cc4cc(C(F)(F)F)c(C#N)cc4NC32)cc1. The Kier molecular flexibility index (Phi) is 5.49. The molecule has 9 heteroatoms. The van der Waals surface area contributed by atoms with E-state index in [0.29, 0.717) is 29.0 Å². The van der Waals surface area contributed by atoms with Crippen LogP contribution in [-0.2, 0) is 12.6 Å². The summed E-state index contributed by atoms with van der Waals surface area (Å²) in [4.78, 5) is 0. The van der Waals surface area contributed by atoms with Gasteiger partial charge in [0, 0.05) is 5.69 Å². The van der Waals surface area contributed by atoms with Crippen molar-refractivity contribution in [2.45, 2.75) is 43.2 Å². The number of halogens is 3. The average molecular weight is 443 g/mol. The average Bonchev–Trinajstić information content (AvgIpc) is 2.78. The zero-order valence-corrected chi connectivity index (χ0v) is 16.9. The fourth-order valence-corrected chi connectivity index (χ4v) is 4.60. The number of nitrogens with one attached hydrogen (secondary N) is 1. The van der Waals surface area contributed by atoms with Crippen molar-refractivity contribution >= 4 is 5.69 Å². The number of hydrogen-bond acceptors (Lipinski definition) is 6. The zero-order chi connectivity index (χ0) is 23.1. The lowest BCUT2D eigenvalue weighted by atomic mass is 9.68. The molecule has 4 rings (SSSR count). The molecule has 1 saturated carbocycles. The number of nitriles is 2. The summed E-state index contributed by atoms with van der Waals surface area (Å²) in [5.74, 6) is 0.180. The second-order valence-corrected chi connectivity index (χ2v) is 8.26. The minimum Gasteiger partial charge on any atom is -0.490 e. The first-order valence-electron chi connectivity index (χ1n) is 10.1. The molecule has 2 aliphatic rings. The molecule has 0 saturated heterocycles. The number of fused-ring (bicyclic) bond motifs is 2. The molecule has 4 atom stereocenters. The Balaban J connectivity index is 1.62. The number of rotatable bonds is 3. The molecule has 1 aliphatic heterocycles. The van der Waals surface area contributed by atoms with Crippen molar-refractivity contribution in [2.75, 3.05) is 11.9 Å². The highest BCUT2D eigenvalue weighted by Gasteiger charge is 2.52. The summed E-state index contributed by atoms with van der Waals surface area (Å²) < 4.78 is 45.7. The number of alkyl halides is 3. The Labute approximate surface area is 182 Å². The van der Waals surface area contributed by atoms with Crippen molar-refractivity contribution in [1.82, 2.24) is 0 Å². The summed E-state index contributed by atoms with van der Waals surface area (Å²) in [5, 5.41) is 43.2. The fourth-order valence-electron chi connectivity index (χ4n) is 4.60. The number of ether oxygens (including phenoxy) is 1. The van der Waals surface area contributed by atoms with Crippen LogP contribution in [0.4, 0.5) is 18.9 Å². The van der Waals surface area contributed by atoms with Gasteiger partial charge in [-0.25, -0.2) is 0 Å². The second kappa shape index (κ2) is 8.01. The lowest BCUT2D eigenvalue weighted by Gasteiger charge is -2.50. The molecule has 6 nitrogen and oxygen atoms in total. The van der Waals surface area contributed by atoms with Gasteiger partial charge in [0.05, 0.1) is 41.0 Å². The molecule has 0 spiro atoms. The van der Waals surface area contributed by atoms with Gasteiger partial charge in [-0.05, 0) is 67.1 Å². The molecule has 0 radical (unpaired) electrons. The molecule has 1 fully saturated rings. The van der Waals surface area contributed by atoms with E-state index in [1.54, 1.807) is 30.3 Å². The van der Waals surface area contributed by atoms with E-state index in [0.717, 1.165) is 12.1 Å². The summed E-state index contributed by atoms with van der Waals surface area (Å²) in [7, 11) is 0. The van der Waals surface area contributed by atoms with Crippen LogP contribution in [0.3, 0.4) is 0 Å². The molecule has 2 aromatic rings. The second-order valence-electron chi connectivity index (χ2n) is 8.26. The Morgan fingerprint density at radius 2 is 1.84 bits per heavy atom. The Morgan fingerprint density at radius 3 is 2.47 bits per heavy atom. The number of aliphatic hydroxyl groups excluding tert-OH is 1. The normalized spacial score (nSPS) is 26.7. The number of benzene rings is 2. The van der Waals surface area contributed by atoms with Crippen LogP contribution in [0.1, 0.15) is 35.1 Å². The number of nitrogens with zero attached hydrogens (tertiary/aromatic N) is 2. The van der Waals surface area contributed by atoms with Crippen LogP contribution in [-0.4, -0.2) is 34.6 Å². The highest BCUT2D eigenvalue weighted by atomic mass is 19.4. The highest BCUT2D eigenvalue weighted by molar-refractivity contribution is 5.62. The topological polar surface area (TPSA) is 109 Å². The van der Waals surface area contributed by atoms with Gasteiger partial charge < -0.3 is 20.3 Å². The van der Waals surface area contributed by atoms with Crippen LogP contribution in [0.5, 0.6) is 5.75 Å². The van der Waals surface area contributed by atoms with E-state index in [2.05, 4.69) is 5.32 Å². The third kappa shape index (κ3) is 3.86. The van der Waals surface area contributed by atoms with Crippen molar-refractivity contribution in [3.05, 3.63) is 58.7 Å². The van der Waals surface area contributed by atoms with Crippen LogP contribution in [0.15, 0.2) is 36.4 Å². The molecule has 3 N–H and O–H groups in total. The van der Waals surface area contributed by atoms with Crippen molar-refractivity contribution in [1.29, 1.82) is 10.5 Å². The van der Waals surface area contributed by atoms with Gasteiger partial charge in [-0.1, -0.05) is 0 Å². The predicted octanol–water partition coefficient (Wildman–Crippen LogP) is 3.37. The highest BCUT2D eigenvalue weighted by Crippen LogP contribution is 2.44. The van der Waals surface area contributed by atoms with Crippen molar-refractivity contribution < 1.29 is 28.1 Å². The van der Waals surface area contributed by atoms with E-state index in [1.807, 2.05) is 6.07 Å². The Hall–Kier alpha value is -3.27. The van der Waals surface area contributed by atoms with E-state index in [4.69, 9.17) is 10.00 Å². The van der Waals surface area contributed by atoms with Crippen LogP contribution in [0.25, 0.3) is 0 Å². The van der Waals surface area contributed by atoms with Gasteiger partial charge in [-0.15, -0.1) is 0 Å². The third-order valence-electron chi connectivity index (χ3n) is 6.31. The van der Waals surface area contributed by atoms with Gasteiger partial charge in [-0.2, -0.15) is 23.7 Å². The molecule has 1 aliphatic carbocycles. The van der Waals surface area contributed by atoms with E-state index < -0.39 is 35.1 Å². The van der Waals surface area contributed by atoms with Crippen molar-refractivity contribution in [3.63, 3.8) is 0 Å². The first-order chi connectivity index (χ1) is 15.2. The lowest BCUT2D eigenvalue weighted by Crippen LogP contribution is -2.65. The molecule has 0 aromatic heterocycles. The standard InChI is InChI=1S/C23H20F3N3O3/c24-23(25,26)18-8-15-7-14-3-6-20(30)22(31,21(14)29-19(15)9-16(18)11-28)12-32-17-4-1-13(10-27)2-5-17/h1-2,4-5,8-9,14,20-21,29-31H,3,6-7,12H2/t14?,20?,21?,22-/m1/s1. The number of aliphatic hydroxyl groups is 2. The maximum atomic E-state index is 13.3. The Bertz CT molecular complexity index is 1100. The summed E-state index contributed by atoms with van der Waals surface area (Å²) >= 11 is 0. The fraction of sp³-hybridized carbons (Fsp3) is 0.391. The van der Waals surface area contributed by atoms with Crippen LogP contribution in [0.2, 0.25) is 0 Å². The molecule has 32 heavy (non-hydrogen) atoms. The van der Waals surface area contributed by atoms with Gasteiger partial charge in [0.2, 0.25) is 0 Å². The van der Waals surface area contributed by atoms with Crippen LogP contribution in [0, 0.1) is 28.6 Å². The lowest BCUT2D eigenvalue weighted by molar-refractivity contribution is -0.142. The van der Waals surface area contributed by atoms with Gasteiger partial charge in [0.1, 0.15) is 18.0 Å². The summed E-state index contributed by atoms with van der Waals surface area (Å²) in [6.45, 7) is -0.255. The molecule has 3 unspecified atom stereocenters. The van der Waals surface area contributed by atoms with Gasteiger partial charge in [0.15, 0.2) is 0 Å². The largest absolute Gasteiger partial charge is 0.490 e. The van der Waals surface area contributed by atoms with Gasteiger partial charge in [0.25, 0.3) is 0 Å². The molecule has 1 heterocycles. The van der Waals surface area contributed by atoms with E-state index >= 15 is 0 Å². The van der Waals surface area contributed by atoms with Gasteiger partial charge >= 0.3 is 6.18 Å². The van der Waals surface area contributed by atoms with E-state index in [1.165, 1.54) is 0 Å². The summed E-state index contributed by atoms with van der Waals surface area (Å²) in [5.41, 5.74) is -1.98. The van der Waals surface area contributed by atoms with E-state index in [9.17, 15) is 28.6 Å². The minimum atomic E-state index is -4.64. The molecular formula is C23H20F3N3O3. The van der Waals surface area contributed by atoms with E-state index in [-0.39, 0.29) is 25.4 Å². The van der Waals surface area contributed by atoms with Crippen LogP contribution >= 0.6 is 0 Å². The molecule has 0 amide bonds. The maximum Gasteiger partial charge on any atom is 0.417 e. The first-order valence-corrected chi connectivity index (χ1v) is 10.1. The minimum absolute atomic E-state index is 0.227. The van der Waals surface area contributed by atoms with Crippen molar-refractivity contribution in [3.8, 4) is 17.9 Å².